The van der Waals surface area contributed by atoms with Crippen LogP contribution < -0.4 is 11.1 Å². The number of halogens is 1. The number of nitrogens with two attached hydrogens (primary N) is 1. The Bertz CT molecular complexity index is 325. The molecule has 3 N–H and O–H groups in total. The van der Waals surface area contributed by atoms with Gasteiger partial charge in [-0.15, -0.1) is 0 Å². The second kappa shape index (κ2) is 3.00. The summed E-state index contributed by atoms with van der Waals surface area (Å²) in [6.07, 6.45) is 0.858. The highest BCUT2D eigenvalue weighted by molar-refractivity contribution is 5.56. The van der Waals surface area contributed by atoms with Crippen molar-refractivity contribution in [3.8, 4) is 0 Å². The van der Waals surface area contributed by atoms with Crippen molar-refractivity contribution in [3.63, 3.8) is 0 Å². The summed E-state index contributed by atoms with van der Waals surface area (Å²) in [5.41, 5.74) is 7.36. The van der Waals surface area contributed by atoms with Gasteiger partial charge in [-0.1, -0.05) is 12.1 Å². The minimum atomic E-state index is -0.209. The Morgan fingerprint density at radius 2 is 2.31 bits per heavy atom. The molecular weight excluding hydrogens is 167 g/mol. The predicted molar refractivity (Wildman–Crippen MR) is 51.0 cm³/mol. The molecule has 0 saturated carbocycles. The van der Waals surface area contributed by atoms with Gasteiger partial charge >= 0.3 is 0 Å². The van der Waals surface area contributed by atoms with Crippen molar-refractivity contribution >= 4 is 5.69 Å². The highest BCUT2D eigenvalue weighted by Gasteiger charge is 2.22. The molecule has 1 heterocycles. The van der Waals surface area contributed by atoms with Crippen LogP contribution in [-0.4, -0.2) is 6.04 Å². The van der Waals surface area contributed by atoms with E-state index in [0.29, 0.717) is 5.69 Å². The first-order chi connectivity index (χ1) is 6.18. The largest absolute Gasteiger partial charge is 0.380 e. The maximum atomic E-state index is 13.3. The van der Waals surface area contributed by atoms with Crippen LogP contribution in [0.4, 0.5) is 10.1 Å². The van der Waals surface area contributed by atoms with E-state index in [1.807, 2.05) is 13.0 Å². The summed E-state index contributed by atoms with van der Waals surface area (Å²) in [7, 11) is 0. The van der Waals surface area contributed by atoms with E-state index in [2.05, 4.69) is 5.32 Å². The smallest absolute Gasteiger partial charge is 0.146 e. The van der Waals surface area contributed by atoms with Crippen LogP contribution in [0.3, 0.4) is 0 Å². The van der Waals surface area contributed by atoms with Gasteiger partial charge in [0.15, 0.2) is 0 Å². The van der Waals surface area contributed by atoms with Crippen LogP contribution in [0, 0.1) is 5.82 Å². The summed E-state index contributed by atoms with van der Waals surface area (Å²) < 4.78 is 13.3. The van der Waals surface area contributed by atoms with Crippen molar-refractivity contribution in [3.05, 3.63) is 29.6 Å². The lowest BCUT2D eigenvalue weighted by atomic mass is 9.94. The van der Waals surface area contributed by atoms with Gasteiger partial charge in [0.25, 0.3) is 0 Å². The molecule has 0 spiro atoms. The van der Waals surface area contributed by atoms with Crippen LogP contribution in [-0.2, 0) is 0 Å². The molecule has 2 rings (SSSR count). The average Bonchev–Trinajstić information content (AvgIpc) is 2.07. The first-order valence-corrected chi connectivity index (χ1v) is 4.49. The Morgan fingerprint density at radius 1 is 1.54 bits per heavy atom. The number of rotatable bonds is 0. The van der Waals surface area contributed by atoms with Gasteiger partial charge < -0.3 is 11.1 Å². The zero-order valence-electron chi connectivity index (χ0n) is 7.55. The molecule has 70 valence electrons. The van der Waals surface area contributed by atoms with Crippen LogP contribution in [0.15, 0.2) is 18.2 Å². The van der Waals surface area contributed by atoms with E-state index in [4.69, 9.17) is 5.73 Å². The summed E-state index contributed by atoms with van der Waals surface area (Å²) in [5, 5.41) is 3.10. The molecule has 0 fully saturated rings. The third-order valence-electron chi connectivity index (χ3n) is 2.44. The first-order valence-electron chi connectivity index (χ1n) is 4.49. The molecule has 2 nitrogen and oxygen atoms in total. The Morgan fingerprint density at radius 3 is 3.08 bits per heavy atom. The van der Waals surface area contributed by atoms with Crippen LogP contribution in [0.2, 0.25) is 0 Å². The minimum absolute atomic E-state index is 0.0399. The van der Waals surface area contributed by atoms with E-state index < -0.39 is 0 Å². The molecule has 3 heteroatoms. The van der Waals surface area contributed by atoms with Gasteiger partial charge in [-0.05, 0) is 25.0 Å². The van der Waals surface area contributed by atoms with Crippen molar-refractivity contribution in [2.75, 3.05) is 5.32 Å². The molecule has 2 atom stereocenters. The standard InChI is InChI=1S/C10H13FN2/c1-6-5-9(12)7-3-2-4-8(11)10(7)13-6/h2-4,6,9,13H,5,12H2,1H3. The molecule has 0 amide bonds. The fourth-order valence-corrected chi connectivity index (χ4v) is 1.82. The van der Waals surface area contributed by atoms with Crippen molar-refractivity contribution in [1.82, 2.24) is 0 Å². The van der Waals surface area contributed by atoms with Gasteiger partial charge in [0.05, 0.1) is 5.69 Å². The molecule has 0 aliphatic carbocycles. The number of benzene rings is 1. The van der Waals surface area contributed by atoms with Crippen molar-refractivity contribution in [1.29, 1.82) is 0 Å². The number of fused-ring (bicyclic) bond motifs is 1. The number of nitrogens with one attached hydrogen (secondary N) is 1. The van der Waals surface area contributed by atoms with Gasteiger partial charge in [0, 0.05) is 12.1 Å². The van der Waals surface area contributed by atoms with Crippen molar-refractivity contribution in [2.45, 2.75) is 25.4 Å². The Labute approximate surface area is 76.9 Å². The highest BCUT2D eigenvalue weighted by atomic mass is 19.1. The minimum Gasteiger partial charge on any atom is -0.380 e. The number of para-hydroxylation sites is 1. The topological polar surface area (TPSA) is 38.0 Å². The summed E-state index contributed by atoms with van der Waals surface area (Å²) in [6, 6.07) is 5.24. The molecule has 0 aromatic heterocycles. The first kappa shape index (κ1) is 8.51. The summed E-state index contributed by atoms with van der Waals surface area (Å²) in [6.45, 7) is 2.01. The number of hydrogen-bond donors (Lipinski definition) is 2. The molecular formula is C10H13FN2. The van der Waals surface area contributed by atoms with E-state index in [9.17, 15) is 4.39 Å². The van der Waals surface area contributed by atoms with Gasteiger partial charge in [0.1, 0.15) is 5.82 Å². The van der Waals surface area contributed by atoms with Gasteiger partial charge in [0.2, 0.25) is 0 Å². The van der Waals surface area contributed by atoms with Gasteiger partial charge in [-0.25, -0.2) is 4.39 Å². The molecule has 1 aromatic rings. The van der Waals surface area contributed by atoms with Crippen LogP contribution in [0.1, 0.15) is 24.9 Å². The monoisotopic (exact) mass is 180 g/mol. The summed E-state index contributed by atoms with van der Waals surface area (Å²) in [4.78, 5) is 0. The third kappa shape index (κ3) is 1.40. The Balaban J connectivity index is 2.49. The van der Waals surface area contributed by atoms with Crippen LogP contribution in [0.5, 0.6) is 0 Å². The molecule has 0 saturated heterocycles. The highest BCUT2D eigenvalue weighted by Crippen LogP contribution is 2.32. The maximum absolute atomic E-state index is 13.3. The van der Waals surface area contributed by atoms with Gasteiger partial charge in [-0.2, -0.15) is 0 Å². The van der Waals surface area contributed by atoms with Crippen LogP contribution >= 0.6 is 0 Å². The lowest BCUT2D eigenvalue weighted by Gasteiger charge is -2.29. The summed E-state index contributed by atoms with van der Waals surface area (Å²) >= 11 is 0. The lowest BCUT2D eigenvalue weighted by molar-refractivity contribution is 0.550. The Kier molecular flexibility index (Phi) is 1.96. The normalized spacial score (nSPS) is 26.4. The van der Waals surface area contributed by atoms with E-state index in [0.717, 1.165) is 12.0 Å². The van der Waals surface area contributed by atoms with Crippen molar-refractivity contribution in [2.24, 2.45) is 5.73 Å². The molecule has 1 aliphatic heterocycles. The van der Waals surface area contributed by atoms with E-state index >= 15 is 0 Å². The molecule has 0 radical (unpaired) electrons. The van der Waals surface area contributed by atoms with Crippen LogP contribution in [0.25, 0.3) is 0 Å². The predicted octanol–water partition coefficient (Wildman–Crippen LogP) is 2.03. The lowest BCUT2D eigenvalue weighted by Crippen LogP contribution is -2.29. The maximum Gasteiger partial charge on any atom is 0.146 e. The fraction of sp³-hybridized carbons (Fsp3) is 0.400. The van der Waals surface area contributed by atoms with Crippen molar-refractivity contribution < 1.29 is 4.39 Å². The van der Waals surface area contributed by atoms with Gasteiger partial charge in [-0.3, -0.25) is 0 Å². The molecule has 1 aliphatic rings. The zero-order valence-corrected chi connectivity index (χ0v) is 7.55. The van der Waals surface area contributed by atoms with E-state index in [-0.39, 0.29) is 17.9 Å². The molecule has 2 unspecified atom stereocenters. The Hall–Kier alpha value is -1.09. The molecule has 13 heavy (non-hydrogen) atoms. The molecule has 0 bridgehead atoms. The third-order valence-corrected chi connectivity index (χ3v) is 2.44. The second-order valence-corrected chi connectivity index (χ2v) is 3.59. The SMILES string of the molecule is CC1CC(N)c2cccc(F)c2N1. The second-order valence-electron chi connectivity index (χ2n) is 3.59. The fourth-order valence-electron chi connectivity index (χ4n) is 1.82. The quantitative estimate of drug-likeness (QED) is 0.641. The average molecular weight is 180 g/mol. The number of hydrogen-bond acceptors (Lipinski definition) is 2. The number of anilines is 1. The summed E-state index contributed by atoms with van der Waals surface area (Å²) in [5.74, 6) is -0.209. The molecule has 1 aromatic carbocycles. The zero-order chi connectivity index (χ0) is 9.42. The van der Waals surface area contributed by atoms with E-state index in [1.165, 1.54) is 6.07 Å². The van der Waals surface area contributed by atoms with E-state index in [1.54, 1.807) is 6.07 Å².